The standard InChI is InChI=1S/C18H27N3O2/c1-13(2)12-20-17(22)14-9-10-19-16(11-14)18(23)21-15-7-5-3-4-6-8-15/h9-11,13,15H,3-8,12H2,1-2H3,(H,20,22)(H,21,23). The van der Waals surface area contributed by atoms with Gasteiger partial charge in [0.15, 0.2) is 0 Å². The van der Waals surface area contributed by atoms with Crippen molar-refractivity contribution in [3.05, 3.63) is 29.6 Å². The molecule has 1 heterocycles. The average Bonchev–Trinajstić information content (AvgIpc) is 2.81. The monoisotopic (exact) mass is 317 g/mol. The Bertz CT molecular complexity index is 535. The molecule has 1 aromatic rings. The molecule has 0 aliphatic heterocycles. The first-order valence-corrected chi connectivity index (χ1v) is 8.61. The second-order valence-electron chi connectivity index (χ2n) is 6.70. The molecule has 2 N–H and O–H groups in total. The molecule has 5 heteroatoms. The van der Waals surface area contributed by atoms with Gasteiger partial charge in [0.25, 0.3) is 11.8 Å². The Morgan fingerprint density at radius 2 is 1.87 bits per heavy atom. The van der Waals surface area contributed by atoms with Crippen LogP contribution in [0.1, 0.15) is 73.2 Å². The molecule has 1 aliphatic carbocycles. The molecule has 2 amide bonds. The molecule has 23 heavy (non-hydrogen) atoms. The van der Waals surface area contributed by atoms with Crippen molar-refractivity contribution in [2.45, 2.75) is 58.4 Å². The van der Waals surface area contributed by atoms with E-state index in [1.54, 1.807) is 12.1 Å². The van der Waals surface area contributed by atoms with Crippen LogP contribution in [0.5, 0.6) is 0 Å². The van der Waals surface area contributed by atoms with Gasteiger partial charge in [0.1, 0.15) is 5.69 Å². The highest BCUT2D eigenvalue weighted by Crippen LogP contribution is 2.17. The minimum Gasteiger partial charge on any atom is -0.352 e. The third-order valence-electron chi connectivity index (χ3n) is 4.12. The summed E-state index contributed by atoms with van der Waals surface area (Å²) in [5.74, 6) is 0.0406. The maximum Gasteiger partial charge on any atom is 0.270 e. The quantitative estimate of drug-likeness (QED) is 0.820. The summed E-state index contributed by atoms with van der Waals surface area (Å²) in [7, 11) is 0. The fraction of sp³-hybridized carbons (Fsp3) is 0.611. The van der Waals surface area contributed by atoms with Crippen LogP contribution in [0.4, 0.5) is 0 Å². The lowest BCUT2D eigenvalue weighted by Crippen LogP contribution is -2.35. The number of hydrogen-bond donors (Lipinski definition) is 2. The highest BCUT2D eigenvalue weighted by molar-refractivity contribution is 5.98. The van der Waals surface area contributed by atoms with Crippen molar-refractivity contribution in [2.24, 2.45) is 5.92 Å². The Hall–Kier alpha value is -1.91. The van der Waals surface area contributed by atoms with Crippen LogP contribution in [0.25, 0.3) is 0 Å². The summed E-state index contributed by atoms with van der Waals surface area (Å²) in [6, 6.07) is 3.44. The molecule has 0 aromatic carbocycles. The molecule has 0 spiro atoms. The van der Waals surface area contributed by atoms with Crippen molar-refractivity contribution in [3.8, 4) is 0 Å². The summed E-state index contributed by atoms with van der Waals surface area (Å²) >= 11 is 0. The van der Waals surface area contributed by atoms with E-state index in [9.17, 15) is 9.59 Å². The summed E-state index contributed by atoms with van der Waals surface area (Å²) in [5.41, 5.74) is 0.790. The van der Waals surface area contributed by atoms with E-state index in [4.69, 9.17) is 0 Å². The van der Waals surface area contributed by atoms with E-state index in [0.717, 1.165) is 25.7 Å². The van der Waals surface area contributed by atoms with Gasteiger partial charge in [-0.25, -0.2) is 0 Å². The number of rotatable bonds is 5. The summed E-state index contributed by atoms with van der Waals surface area (Å²) in [4.78, 5) is 28.6. The van der Waals surface area contributed by atoms with Crippen LogP contribution < -0.4 is 10.6 Å². The van der Waals surface area contributed by atoms with Crippen LogP contribution in [-0.4, -0.2) is 29.4 Å². The maximum absolute atomic E-state index is 12.4. The van der Waals surface area contributed by atoms with Gasteiger partial charge in [-0.3, -0.25) is 14.6 Å². The predicted octanol–water partition coefficient (Wildman–Crippen LogP) is 2.92. The van der Waals surface area contributed by atoms with Crippen LogP contribution in [0.15, 0.2) is 18.3 Å². The zero-order chi connectivity index (χ0) is 16.7. The molecule has 0 atom stereocenters. The van der Waals surface area contributed by atoms with Gasteiger partial charge in [0.05, 0.1) is 0 Å². The Morgan fingerprint density at radius 1 is 1.17 bits per heavy atom. The summed E-state index contributed by atoms with van der Waals surface area (Å²) in [5, 5.41) is 5.91. The summed E-state index contributed by atoms with van der Waals surface area (Å²) in [6.45, 7) is 4.70. The highest BCUT2D eigenvalue weighted by Gasteiger charge is 2.17. The van der Waals surface area contributed by atoms with E-state index in [2.05, 4.69) is 15.6 Å². The lowest BCUT2D eigenvalue weighted by Gasteiger charge is -2.16. The van der Waals surface area contributed by atoms with Crippen LogP contribution in [-0.2, 0) is 0 Å². The Kier molecular flexibility index (Phi) is 6.56. The van der Waals surface area contributed by atoms with Crippen molar-refractivity contribution < 1.29 is 9.59 Å². The second-order valence-corrected chi connectivity index (χ2v) is 6.70. The topological polar surface area (TPSA) is 71.1 Å². The molecule has 1 fully saturated rings. The van der Waals surface area contributed by atoms with Gasteiger partial charge in [-0.2, -0.15) is 0 Å². The number of pyridine rings is 1. The molecule has 1 aliphatic rings. The third kappa shape index (κ3) is 5.66. The smallest absolute Gasteiger partial charge is 0.270 e. The maximum atomic E-state index is 12.4. The number of nitrogens with one attached hydrogen (secondary N) is 2. The predicted molar refractivity (Wildman–Crippen MR) is 90.4 cm³/mol. The van der Waals surface area contributed by atoms with Crippen LogP contribution in [0, 0.1) is 5.92 Å². The first kappa shape index (κ1) is 17.4. The largest absolute Gasteiger partial charge is 0.352 e. The van der Waals surface area contributed by atoms with E-state index < -0.39 is 0 Å². The molecule has 2 rings (SSSR count). The van der Waals surface area contributed by atoms with Gasteiger partial charge < -0.3 is 10.6 Å². The number of hydrogen-bond acceptors (Lipinski definition) is 3. The van der Waals surface area contributed by atoms with Gasteiger partial charge in [-0.05, 0) is 30.9 Å². The minimum absolute atomic E-state index is 0.162. The van der Waals surface area contributed by atoms with E-state index in [-0.39, 0.29) is 17.9 Å². The molecule has 0 bridgehead atoms. The van der Waals surface area contributed by atoms with Crippen LogP contribution in [0.2, 0.25) is 0 Å². The van der Waals surface area contributed by atoms with Crippen LogP contribution in [0.3, 0.4) is 0 Å². The molecule has 126 valence electrons. The first-order chi connectivity index (χ1) is 11.1. The van der Waals surface area contributed by atoms with Gasteiger partial charge in [0.2, 0.25) is 0 Å². The Balaban J connectivity index is 1.97. The SMILES string of the molecule is CC(C)CNC(=O)c1ccnc(C(=O)NC2CCCCCC2)c1. The average molecular weight is 317 g/mol. The molecular formula is C18H27N3O2. The van der Waals surface area contributed by atoms with Crippen molar-refractivity contribution in [2.75, 3.05) is 6.54 Å². The molecular weight excluding hydrogens is 290 g/mol. The molecule has 1 saturated carbocycles. The lowest BCUT2D eigenvalue weighted by atomic mass is 10.1. The summed E-state index contributed by atoms with van der Waals surface area (Å²) < 4.78 is 0. The number of amides is 2. The van der Waals surface area contributed by atoms with Crippen molar-refractivity contribution in [3.63, 3.8) is 0 Å². The van der Waals surface area contributed by atoms with Gasteiger partial charge >= 0.3 is 0 Å². The molecule has 0 unspecified atom stereocenters. The molecule has 0 radical (unpaired) electrons. The zero-order valence-electron chi connectivity index (χ0n) is 14.1. The van der Waals surface area contributed by atoms with E-state index in [0.29, 0.717) is 23.7 Å². The van der Waals surface area contributed by atoms with Crippen molar-refractivity contribution >= 4 is 11.8 Å². The molecule has 5 nitrogen and oxygen atoms in total. The third-order valence-corrected chi connectivity index (χ3v) is 4.12. The summed E-state index contributed by atoms with van der Waals surface area (Å²) in [6.07, 6.45) is 8.39. The number of carbonyl (C=O) groups excluding carboxylic acids is 2. The van der Waals surface area contributed by atoms with E-state index in [1.165, 1.54) is 19.0 Å². The van der Waals surface area contributed by atoms with E-state index in [1.807, 2.05) is 13.8 Å². The zero-order valence-corrected chi connectivity index (χ0v) is 14.1. The molecule has 1 aromatic heterocycles. The normalized spacial score (nSPS) is 16.0. The fourth-order valence-corrected chi connectivity index (χ4v) is 2.78. The van der Waals surface area contributed by atoms with Gasteiger partial charge in [-0.15, -0.1) is 0 Å². The van der Waals surface area contributed by atoms with Gasteiger partial charge in [-0.1, -0.05) is 39.5 Å². The lowest BCUT2D eigenvalue weighted by molar-refractivity contribution is 0.0928. The van der Waals surface area contributed by atoms with E-state index >= 15 is 0 Å². The minimum atomic E-state index is -0.185. The number of aromatic nitrogens is 1. The number of carbonyl (C=O) groups is 2. The number of nitrogens with zero attached hydrogens (tertiary/aromatic N) is 1. The van der Waals surface area contributed by atoms with Crippen molar-refractivity contribution in [1.29, 1.82) is 0 Å². The van der Waals surface area contributed by atoms with Crippen molar-refractivity contribution in [1.82, 2.24) is 15.6 Å². The van der Waals surface area contributed by atoms with Crippen LogP contribution >= 0.6 is 0 Å². The molecule has 0 saturated heterocycles. The second kappa shape index (κ2) is 8.65. The van der Waals surface area contributed by atoms with Gasteiger partial charge in [0, 0.05) is 24.3 Å². The first-order valence-electron chi connectivity index (χ1n) is 8.61. The Morgan fingerprint density at radius 3 is 2.52 bits per heavy atom. The fourth-order valence-electron chi connectivity index (χ4n) is 2.78. The Labute approximate surface area is 138 Å². The highest BCUT2D eigenvalue weighted by atomic mass is 16.2.